The Morgan fingerprint density at radius 2 is 1.06 bits per heavy atom. The van der Waals surface area contributed by atoms with Crippen LogP contribution in [-0.4, -0.2) is 37.9 Å². The van der Waals surface area contributed by atoms with E-state index in [0.29, 0.717) is 13.2 Å². The van der Waals surface area contributed by atoms with Gasteiger partial charge in [0.15, 0.2) is 0 Å². The third-order valence-corrected chi connectivity index (χ3v) is 6.12. The second-order valence-corrected chi connectivity index (χ2v) is 7.78. The average molecular weight is 280 g/mol. The van der Waals surface area contributed by atoms with Gasteiger partial charge >= 0.3 is 0 Å². The molecular formula is C11H22O4P2. The monoisotopic (exact) mass is 280 g/mol. The summed E-state index contributed by atoms with van der Waals surface area (Å²) in [5.41, 5.74) is 0.872. The lowest BCUT2D eigenvalue weighted by Gasteiger charge is -2.40. The van der Waals surface area contributed by atoms with Crippen molar-refractivity contribution in [1.82, 2.24) is 0 Å². The third-order valence-electron chi connectivity index (χ3n) is 3.70. The Bertz CT molecular complexity index is 169. The predicted octanol–water partition coefficient (Wildman–Crippen LogP) is 2.73. The van der Waals surface area contributed by atoms with Crippen LogP contribution in [0.3, 0.4) is 0 Å². The van der Waals surface area contributed by atoms with Gasteiger partial charge < -0.3 is 0 Å². The van der Waals surface area contributed by atoms with Crippen molar-refractivity contribution < 1.29 is 19.9 Å². The molecule has 3 fully saturated rings. The molecule has 0 aromatic carbocycles. The van der Waals surface area contributed by atoms with Crippen LogP contribution in [0.15, 0.2) is 0 Å². The van der Waals surface area contributed by atoms with Crippen LogP contribution in [0.2, 0.25) is 0 Å². The van der Waals surface area contributed by atoms with Crippen LogP contribution in [0.25, 0.3) is 0 Å². The van der Waals surface area contributed by atoms with Crippen molar-refractivity contribution in [3.8, 4) is 0 Å². The first-order valence-corrected chi connectivity index (χ1v) is 9.23. The number of hydrogen-bond donors (Lipinski definition) is 0. The highest BCUT2D eigenvalue weighted by Crippen LogP contribution is 2.47. The zero-order valence-electron chi connectivity index (χ0n) is 10.2. The van der Waals surface area contributed by atoms with Gasteiger partial charge in [0, 0.05) is 0 Å². The maximum absolute atomic E-state index is 4.22. The molecule has 0 saturated carbocycles. The van der Waals surface area contributed by atoms with Gasteiger partial charge in [0.1, 0.15) is 13.2 Å². The molecule has 3 heterocycles. The van der Waals surface area contributed by atoms with Crippen LogP contribution in [0.1, 0.15) is 25.7 Å². The van der Waals surface area contributed by atoms with Crippen molar-refractivity contribution in [3.63, 3.8) is 0 Å². The minimum Gasteiger partial charge on any atom is -0.201 e. The Morgan fingerprint density at radius 3 is 1.35 bits per heavy atom. The van der Waals surface area contributed by atoms with Gasteiger partial charge in [-0.15, -0.1) is 17.2 Å². The smallest absolute Gasteiger partial charge is 0.112 e. The molecule has 3 saturated heterocycles. The quantitative estimate of drug-likeness (QED) is 0.505. The molecule has 0 unspecified atom stereocenters. The van der Waals surface area contributed by atoms with Crippen molar-refractivity contribution in [2.45, 2.75) is 25.7 Å². The molecule has 0 bridgehead atoms. The third kappa shape index (κ3) is 5.06. The van der Waals surface area contributed by atoms with Gasteiger partial charge in [-0.05, 0) is 65.8 Å². The molecule has 17 heavy (non-hydrogen) atoms. The lowest BCUT2D eigenvalue weighted by atomic mass is 9.77. The summed E-state index contributed by atoms with van der Waals surface area (Å²) in [5, 5.41) is 7.69. The second-order valence-electron chi connectivity index (χ2n) is 4.78. The Hall–Kier alpha value is 0.700. The van der Waals surface area contributed by atoms with Gasteiger partial charge in [0.2, 0.25) is 0 Å². The molecule has 0 atom stereocenters. The van der Waals surface area contributed by atoms with Crippen LogP contribution in [-0.2, 0) is 19.9 Å². The van der Waals surface area contributed by atoms with Crippen LogP contribution in [0, 0.1) is 5.41 Å². The molecule has 1 spiro atoms. The first-order valence-electron chi connectivity index (χ1n) is 6.41. The minimum atomic E-state index is 0.431. The maximum atomic E-state index is 4.22. The minimum absolute atomic E-state index is 0.431. The van der Waals surface area contributed by atoms with E-state index in [9.17, 15) is 0 Å². The first kappa shape index (κ1) is 14.1. The maximum Gasteiger partial charge on any atom is 0.112 e. The molecular weight excluding hydrogens is 258 g/mol. The lowest BCUT2D eigenvalue weighted by molar-refractivity contribution is -0.663. The van der Waals surface area contributed by atoms with E-state index in [1.54, 1.807) is 50.3 Å². The van der Waals surface area contributed by atoms with Crippen molar-refractivity contribution in [2.24, 2.45) is 5.41 Å². The Morgan fingerprint density at radius 1 is 0.647 bits per heavy atom. The highest BCUT2D eigenvalue weighted by Gasteiger charge is 2.32. The first-order chi connectivity index (χ1) is 8.41. The van der Waals surface area contributed by atoms with E-state index in [1.165, 1.54) is 17.2 Å². The number of rotatable bonds is 0. The Balaban J connectivity index is 0.000000153. The van der Waals surface area contributed by atoms with Crippen molar-refractivity contribution in [2.75, 3.05) is 37.9 Å². The van der Waals surface area contributed by atoms with Gasteiger partial charge in [0.05, 0.1) is 0 Å². The second kappa shape index (κ2) is 7.99. The fourth-order valence-electron chi connectivity index (χ4n) is 2.59. The molecule has 3 aliphatic rings. The molecule has 100 valence electrons. The number of hydrogen-bond acceptors (Lipinski definition) is 4. The van der Waals surface area contributed by atoms with Crippen molar-refractivity contribution >= 4 is 17.2 Å². The normalized spacial score (nSPS) is 36.7. The van der Waals surface area contributed by atoms with Crippen LogP contribution in [0.5, 0.6) is 0 Å². The summed E-state index contributed by atoms with van der Waals surface area (Å²) in [6, 6.07) is 0. The van der Waals surface area contributed by atoms with E-state index < -0.39 is 0 Å². The lowest BCUT2D eigenvalue weighted by Crippen LogP contribution is -2.29. The summed E-state index contributed by atoms with van der Waals surface area (Å²) >= 11 is 0. The SMILES string of the molecule is C1CC2(CCP1)CCPCC2.C1COOOO1. The van der Waals surface area contributed by atoms with Gasteiger partial charge in [-0.2, -0.15) is 0 Å². The highest BCUT2D eigenvalue weighted by atomic mass is 31.1. The summed E-state index contributed by atoms with van der Waals surface area (Å²) < 4.78 is 0. The van der Waals surface area contributed by atoms with E-state index in [2.05, 4.69) is 19.9 Å². The van der Waals surface area contributed by atoms with Gasteiger partial charge in [-0.1, -0.05) is 0 Å². The molecule has 0 amide bonds. The van der Waals surface area contributed by atoms with Gasteiger partial charge in [-0.25, -0.2) is 9.78 Å². The molecule has 0 N–H and O–H groups in total. The van der Waals surface area contributed by atoms with E-state index in [1.807, 2.05) is 0 Å². The molecule has 3 aliphatic heterocycles. The van der Waals surface area contributed by atoms with Crippen LogP contribution < -0.4 is 0 Å². The fraction of sp³-hybridized carbons (Fsp3) is 1.00. The summed E-state index contributed by atoms with van der Waals surface area (Å²) in [5.74, 6) is 0. The predicted molar refractivity (Wildman–Crippen MR) is 71.1 cm³/mol. The summed E-state index contributed by atoms with van der Waals surface area (Å²) in [6.07, 6.45) is 12.6. The zero-order chi connectivity index (χ0) is 11.8. The van der Waals surface area contributed by atoms with E-state index in [-0.39, 0.29) is 0 Å². The Labute approximate surface area is 106 Å². The fourth-order valence-corrected chi connectivity index (χ4v) is 5.92. The Kier molecular flexibility index (Phi) is 6.63. The van der Waals surface area contributed by atoms with Crippen molar-refractivity contribution in [3.05, 3.63) is 0 Å². The molecule has 6 heteroatoms. The summed E-state index contributed by atoms with van der Waals surface area (Å²) in [4.78, 5) is 8.44. The summed E-state index contributed by atoms with van der Waals surface area (Å²) in [7, 11) is 2.60. The van der Waals surface area contributed by atoms with E-state index in [4.69, 9.17) is 0 Å². The van der Waals surface area contributed by atoms with Gasteiger partial charge in [-0.3, -0.25) is 0 Å². The van der Waals surface area contributed by atoms with Crippen molar-refractivity contribution in [1.29, 1.82) is 0 Å². The van der Waals surface area contributed by atoms with Crippen LogP contribution in [0.4, 0.5) is 0 Å². The topological polar surface area (TPSA) is 36.9 Å². The molecule has 0 aromatic rings. The molecule has 0 radical (unpaired) electrons. The summed E-state index contributed by atoms with van der Waals surface area (Å²) in [6.45, 7) is 0.861. The standard InChI is InChI=1S/C9H18P2.C2H4O4/c1-5-10-6-2-9(1)3-7-11-8-4-9;1-2-4-6-5-3-1/h10-11H,1-8H2;1-2H2. The van der Waals surface area contributed by atoms with E-state index >= 15 is 0 Å². The largest absolute Gasteiger partial charge is 0.201 e. The molecule has 0 aliphatic carbocycles. The highest BCUT2D eigenvalue weighted by molar-refractivity contribution is 7.38. The molecule has 3 rings (SSSR count). The molecule has 4 nitrogen and oxygen atoms in total. The van der Waals surface area contributed by atoms with Crippen LogP contribution >= 0.6 is 17.2 Å². The molecule has 0 aromatic heterocycles. The van der Waals surface area contributed by atoms with Gasteiger partial charge in [0.25, 0.3) is 0 Å². The average Bonchev–Trinajstić information content (AvgIpc) is 2.43. The zero-order valence-corrected chi connectivity index (χ0v) is 12.2. The van der Waals surface area contributed by atoms with E-state index in [0.717, 1.165) is 5.41 Å².